The fourth-order valence-corrected chi connectivity index (χ4v) is 0.689. The molecule has 0 spiro atoms. The van der Waals surface area contributed by atoms with Crippen LogP contribution in [0.5, 0.6) is 0 Å². The van der Waals surface area contributed by atoms with Crippen LogP contribution in [0.3, 0.4) is 0 Å². The summed E-state index contributed by atoms with van der Waals surface area (Å²) in [6.45, 7) is 11.7. The molecule has 0 unspecified atom stereocenters. The molecule has 0 aromatic carbocycles. The van der Waals surface area contributed by atoms with Gasteiger partial charge < -0.3 is 5.32 Å². The van der Waals surface area contributed by atoms with Gasteiger partial charge >= 0.3 is 0 Å². The van der Waals surface area contributed by atoms with Crippen molar-refractivity contribution < 1.29 is 0 Å². The van der Waals surface area contributed by atoms with Crippen molar-refractivity contribution in [1.82, 2.24) is 5.32 Å². The summed E-state index contributed by atoms with van der Waals surface area (Å²) in [6, 6.07) is 0. The molecule has 0 rings (SSSR count). The molecule has 1 nitrogen and oxygen atoms in total. The third-order valence-electron chi connectivity index (χ3n) is 1.33. The summed E-state index contributed by atoms with van der Waals surface area (Å²) in [6.07, 6.45) is 5.86. The normalized spacial score (nSPS) is 11.4. The van der Waals surface area contributed by atoms with E-state index in [2.05, 4.69) is 11.9 Å². The zero-order valence-electron chi connectivity index (χ0n) is 8.94. The number of allylic oxidation sites excluding steroid dienone is 4. The summed E-state index contributed by atoms with van der Waals surface area (Å²) >= 11 is 0. The Labute approximate surface area is 76.9 Å². The maximum absolute atomic E-state index is 3.68. The Kier molecular flexibility index (Phi) is 11.4. The molecule has 0 amide bonds. The molecule has 0 aromatic heterocycles. The molecule has 0 radical (unpaired) electrons. The van der Waals surface area contributed by atoms with E-state index in [-0.39, 0.29) is 0 Å². The van der Waals surface area contributed by atoms with E-state index in [0.29, 0.717) is 0 Å². The monoisotopic (exact) mass is 167 g/mol. The lowest BCUT2D eigenvalue weighted by Crippen LogP contribution is -2.04. The average Bonchev–Trinajstić information content (AvgIpc) is 2.16. The van der Waals surface area contributed by atoms with Crippen LogP contribution in [-0.2, 0) is 0 Å². The molecule has 0 aliphatic carbocycles. The molecular weight excluding hydrogens is 146 g/mol. The third kappa shape index (κ3) is 5.78. The molecule has 0 atom stereocenters. The number of hydrogen-bond donors (Lipinski definition) is 1. The molecule has 0 saturated heterocycles. The molecule has 0 bridgehead atoms. The van der Waals surface area contributed by atoms with E-state index in [1.807, 2.05) is 53.0 Å². The predicted octanol–water partition coefficient (Wildman–Crippen LogP) is 3.27. The summed E-state index contributed by atoms with van der Waals surface area (Å²) in [5.41, 5.74) is 2.29. The van der Waals surface area contributed by atoms with Gasteiger partial charge in [0.1, 0.15) is 0 Å². The van der Waals surface area contributed by atoms with Crippen LogP contribution in [0.25, 0.3) is 0 Å². The van der Waals surface area contributed by atoms with Crippen molar-refractivity contribution in [2.45, 2.75) is 27.7 Å². The maximum atomic E-state index is 3.68. The summed E-state index contributed by atoms with van der Waals surface area (Å²) in [5.74, 6) is 0. The first kappa shape index (κ1) is 13.6. The van der Waals surface area contributed by atoms with Gasteiger partial charge in [-0.25, -0.2) is 0 Å². The molecule has 1 N–H and O–H groups in total. The number of hydrogen-bond acceptors (Lipinski definition) is 1. The van der Waals surface area contributed by atoms with Crippen LogP contribution in [0, 0.1) is 0 Å². The summed E-state index contributed by atoms with van der Waals surface area (Å²) < 4.78 is 0. The van der Waals surface area contributed by atoms with E-state index >= 15 is 0 Å². The first-order valence-corrected chi connectivity index (χ1v) is 4.40. The predicted molar refractivity (Wildman–Crippen MR) is 58.1 cm³/mol. The van der Waals surface area contributed by atoms with Gasteiger partial charge in [0.15, 0.2) is 0 Å². The fraction of sp³-hybridized carbons (Fsp3) is 0.455. The van der Waals surface area contributed by atoms with E-state index in [0.717, 1.165) is 5.70 Å². The van der Waals surface area contributed by atoms with E-state index in [4.69, 9.17) is 0 Å². The fourth-order valence-electron chi connectivity index (χ4n) is 0.689. The number of rotatable bonds is 3. The molecule has 70 valence electrons. The van der Waals surface area contributed by atoms with Gasteiger partial charge in [0.05, 0.1) is 0 Å². The van der Waals surface area contributed by atoms with Gasteiger partial charge in [0.2, 0.25) is 0 Å². The Morgan fingerprint density at radius 1 is 1.33 bits per heavy atom. The van der Waals surface area contributed by atoms with Gasteiger partial charge in [-0.15, -0.1) is 0 Å². The quantitative estimate of drug-likeness (QED) is 0.636. The highest BCUT2D eigenvalue weighted by atomic mass is 14.8. The van der Waals surface area contributed by atoms with Crippen LogP contribution in [0.4, 0.5) is 0 Å². The van der Waals surface area contributed by atoms with Crippen molar-refractivity contribution in [1.29, 1.82) is 0 Å². The molecule has 0 fully saturated rings. The highest BCUT2D eigenvalue weighted by molar-refractivity contribution is 5.28. The molecule has 0 aliphatic rings. The SMILES string of the molecule is C=C/C(C)=C(\C=C/C)NC.CC. The van der Waals surface area contributed by atoms with Gasteiger partial charge in [0.25, 0.3) is 0 Å². The van der Waals surface area contributed by atoms with Crippen LogP contribution in [-0.4, -0.2) is 7.05 Å². The lowest BCUT2D eigenvalue weighted by molar-refractivity contribution is 1.01. The molecule has 0 aromatic rings. The van der Waals surface area contributed by atoms with Crippen molar-refractivity contribution in [2.24, 2.45) is 0 Å². The second-order valence-corrected chi connectivity index (χ2v) is 2.05. The summed E-state index contributed by atoms with van der Waals surface area (Å²) in [4.78, 5) is 0. The molecule has 0 heterocycles. The Hall–Kier alpha value is -0.980. The average molecular weight is 167 g/mol. The lowest BCUT2D eigenvalue weighted by Gasteiger charge is -2.02. The maximum Gasteiger partial charge on any atom is 0.0363 e. The Morgan fingerprint density at radius 3 is 2.08 bits per heavy atom. The van der Waals surface area contributed by atoms with Crippen LogP contribution in [0.1, 0.15) is 27.7 Å². The lowest BCUT2D eigenvalue weighted by atomic mass is 10.2. The van der Waals surface area contributed by atoms with Gasteiger partial charge in [-0.05, 0) is 25.5 Å². The first-order chi connectivity index (χ1) is 5.76. The largest absolute Gasteiger partial charge is 0.388 e. The highest BCUT2D eigenvalue weighted by Gasteiger charge is 1.88. The van der Waals surface area contributed by atoms with Crippen LogP contribution in [0.2, 0.25) is 0 Å². The van der Waals surface area contributed by atoms with E-state index in [9.17, 15) is 0 Å². The van der Waals surface area contributed by atoms with Crippen molar-refractivity contribution in [2.75, 3.05) is 7.05 Å². The topological polar surface area (TPSA) is 12.0 Å². The standard InChI is InChI=1S/C9H15N.C2H6/c1-5-7-9(10-4)8(3)6-2;1-2/h5-7,10H,2H2,1,3-4H3;1-2H3/b7-5-,9-8+;. The zero-order chi connectivity index (χ0) is 9.98. The Bertz CT molecular complexity index is 164. The van der Waals surface area contributed by atoms with Crippen molar-refractivity contribution >= 4 is 0 Å². The zero-order valence-corrected chi connectivity index (χ0v) is 8.94. The van der Waals surface area contributed by atoms with E-state index < -0.39 is 0 Å². The summed E-state index contributed by atoms with van der Waals surface area (Å²) in [7, 11) is 1.91. The van der Waals surface area contributed by atoms with Crippen molar-refractivity contribution in [3.63, 3.8) is 0 Å². The second kappa shape index (κ2) is 10.0. The van der Waals surface area contributed by atoms with Gasteiger partial charge in [0, 0.05) is 12.7 Å². The number of nitrogens with one attached hydrogen (secondary N) is 1. The van der Waals surface area contributed by atoms with Crippen molar-refractivity contribution in [3.8, 4) is 0 Å². The van der Waals surface area contributed by atoms with Crippen molar-refractivity contribution in [3.05, 3.63) is 36.1 Å². The van der Waals surface area contributed by atoms with E-state index in [1.165, 1.54) is 5.57 Å². The molecule has 12 heavy (non-hydrogen) atoms. The minimum Gasteiger partial charge on any atom is -0.388 e. The Morgan fingerprint density at radius 2 is 1.83 bits per heavy atom. The van der Waals surface area contributed by atoms with Gasteiger partial charge in [-0.3, -0.25) is 0 Å². The molecule has 1 heteroatoms. The van der Waals surface area contributed by atoms with Crippen LogP contribution >= 0.6 is 0 Å². The second-order valence-electron chi connectivity index (χ2n) is 2.05. The molecular formula is C11H21N. The highest BCUT2D eigenvalue weighted by Crippen LogP contribution is 2.01. The minimum absolute atomic E-state index is 1.12. The third-order valence-corrected chi connectivity index (χ3v) is 1.33. The smallest absolute Gasteiger partial charge is 0.0363 e. The Balaban J connectivity index is 0. The number of likely N-dealkylation sites (N-methyl/N-ethyl adjacent to an activating group) is 1. The molecule has 0 aliphatic heterocycles. The summed E-state index contributed by atoms with van der Waals surface area (Å²) in [5, 5.41) is 3.08. The van der Waals surface area contributed by atoms with Gasteiger partial charge in [-0.2, -0.15) is 0 Å². The first-order valence-electron chi connectivity index (χ1n) is 4.40. The van der Waals surface area contributed by atoms with E-state index in [1.54, 1.807) is 0 Å². The molecule has 0 saturated carbocycles. The minimum atomic E-state index is 1.12. The van der Waals surface area contributed by atoms with Crippen LogP contribution < -0.4 is 5.32 Å². The van der Waals surface area contributed by atoms with Gasteiger partial charge in [-0.1, -0.05) is 32.6 Å². The van der Waals surface area contributed by atoms with Crippen LogP contribution in [0.15, 0.2) is 36.1 Å².